The second kappa shape index (κ2) is 6.97. The van der Waals surface area contributed by atoms with Gasteiger partial charge in [0.15, 0.2) is 0 Å². The van der Waals surface area contributed by atoms with Crippen molar-refractivity contribution in [1.82, 2.24) is 15.0 Å². The molecule has 0 unspecified atom stereocenters. The Hall–Kier alpha value is -2.47. The van der Waals surface area contributed by atoms with E-state index in [1.54, 1.807) is 16.2 Å². The summed E-state index contributed by atoms with van der Waals surface area (Å²) in [5, 5.41) is 5.96. The molecule has 2 aromatic heterocycles. The van der Waals surface area contributed by atoms with Crippen LogP contribution in [0, 0.1) is 13.8 Å². The van der Waals surface area contributed by atoms with Gasteiger partial charge in [-0.05, 0) is 43.8 Å². The summed E-state index contributed by atoms with van der Waals surface area (Å²) in [6.07, 6.45) is 0. The normalized spacial score (nSPS) is 10.8. The molecule has 0 bridgehead atoms. The highest BCUT2D eigenvalue weighted by atomic mass is 32.1. The molecule has 6 heteroatoms. The second-order valence-electron chi connectivity index (χ2n) is 5.63. The first kappa shape index (κ1) is 16.4. The molecule has 0 saturated heterocycles. The third-order valence-electron chi connectivity index (χ3n) is 3.82. The molecule has 0 aliphatic carbocycles. The van der Waals surface area contributed by atoms with Crippen LogP contribution in [0.15, 0.2) is 40.2 Å². The van der Waals surface area contributed by atoms with Crippen LogP contribution in [0.1, 0.15) is 34.3 Å². The van der Waals surface area contributed by atoms with Gasteiger partial charge in [0.05, 0.1) is 4.88 Å². The third-order valence-corrected chi connectivity index (χ3v) is 4.68. The summed E-state index contributed by atoms with van der Waals surface area (Å²) < 4.78 is 5.31. The van der Waals surface area contributed by atoms with E-state index >= 15 is 0 Å². The highest BCUT2D eigenvalue weighted by Crippen LogP contribution is 2.22. The molecule has 0 N–H and O–H groups in total. The summed E-state index contributed by atoms with van der Waals surface area (Å²) >= 11 is 1.55. The number of rotatable bonds is 5. The maximum atomic E-state index is 12.8. The Morgan fingerprint density at radius 3 is 2.79 bits per heavy atom. The van der Waals surface area contributed by atoms with Crippen LogP contribution in [0.25, 0.3) is 10.7 Å². The molecule has 0 aliphatic rings. The molecule has 0 fully saturated rings. The van der Waals surface area contributed by atoms with Gasteiger partial charge in [-0.25, -0.2) is 0 Å². The molecular weight excluding hydrogens is 322 g/mol. The fourth-order valence-electron chi connectivity index (χ4n) is 2.54. The lowest BCUT2D eigenvalue weighted by Crippen LogP contribution is -2.31. The lowest BCUT2D eigenvalue weighted by atomic mass is 10.0. The lowest BCUT2D eigenvalue weighted by Gasteiger charge is -2.20. The number of benzene rings is 1. The van der Waals surface area contributed by atoms with Crippen LogP contribution < -0.4 is 0 Å². The third kappa shape index (κ3) is 3.38. The van der Waals surface area contributed by atoms with Crippen LogP contribution >= 0.6 is 11.3 Å². The molecule has 0 atom stereocenters. The molecule has 24 heavy (non-hydrogen) atoms. The van der Waals surface area contributed by atoms with Gasteiger partial charge >= 0.3 is 0 Å². The van der Waals surface area contributed by atoms with Gasteiger partial charge in [-0.2, -0.15) is 4.98 Å². The molecule has 124 valence electrons. The lowest BCUT2D eigenvalue weighted by molar-refractivity contribution is 0.0734. The quantitative estimate of drug-likeness (QED) is 0.702. The molecule has 5 nitrogen and oxygen atoms in total. The molecule has 3 aromatic rings. The van der Waals surface area contributed by atoms with Crippen LogP contribution in [0.2, 0.25) is 0 Å². The molecule has 3 rings (SSSR count). The van der Waals surface area contributed by atoms with E-state index in [4.69, 9.17) is 4.52 Å². The summed E-state index contributed by atoms with van der Waals surface area (Å²) in [7, 11) is 0. The smallest absolute Gasteiger partial charge is 0.254 e. The molecule has 2 heterocycles. The van der Waals surface area contributed by atoms with Gasteiger partial charge in [0, 0.05) is 12.1 Å². The van der Waals surface area contributed by atoms with Gasteiger partial charge in [0.2, 0.25) is 11.7 Å². The average Bonchev–Trinajstić information content (AvgIpc) is 3.23. The second-order valence-corrected chi connectivity index (χ2v) is 6.57. The minimum Gasteiger partial charge on any atom is -0.337 e. The summed E-state index contributed by atoms with van der Waals surface area (Å²) in [6, 6.07) is 9.73. The number of hydrogen-bond acceptors (Lipinski definition) is 5. The Balaban J connectivity index is 1.78. The van der Waals surface area contributed by atoms with Crippen molar-refractivity contribution in [1.29, 1.82) is 0 Å². The van der Waals surface area contributed by atoms with Gasteiger partial charge in [-0.1, -0.05) is 28.9 Å². The van der Waals surface area contributed by atoms with E-state index in [0.29, 0.717) is 30.4 Å². The summed E-state index contributed by atoms with van der Waals surface area (Å²) in [6.45, 7) is 6.79. The average molecular weight is 341 g/mol. The number of hydrogen-bond donors (Lipinski definition) is 0. The van der Waals surface area contributed by atoms with E-state index in [9.17, 15) is 4.79 Å². The van der Waals surface area contributed by atoms with Crippen LogP contribution in [0.4, 0.5) is 0 Å². The summed E-state index contributed by atoms with van der Waals surface area (Å²) in [5.74, 6) is 0.985. The number of carbonyl (C=O) groups is 1. The first-order chi connectivity index (χ1) is 11.6. The van der Waals surface area contributed by atoms with Gasteiger partial charge in [0.1, 0.15) is 6.54 Å². The zero-order valence-electron chi connectivity index (χ0n) is 13.9. The van der Waals surface area contributed by atoms with Crippen LogP contribution in [-0.2, 0) is 6.54 Å². The van der Waals surface area contributed by atoms with Crippen molar-refractivity contribution in [2.45, 2.75) is 27.3 Å². The first-order valence-corrected chi connectivity index (χ1v) is 8.69. The van der Waals surface area contributed by atoms with Gasteiger partial charge in [-0.15, -0.1) is 11.3 Å². The van der Waals surface area contributed by atoms with Crippen molar-refractivity contribution in [2.75, 3.05) is 6.54 Å². The minimum atomic E-state index is -0.0223. The number of thiophene rings is 1. The monoisotopic (exact) mass is 341 g/mol. The Kier molecular flexibility index (Phi) is 4.76. The van der Waals surface area contributed by atoms with Crippen molar-refractivity contribution in [3.05, 3.63) is 58.3 Å². The fourth-order valence-corrected chi connectivity index (χ4v) is 3.19. The van der Waals surface area contributed by atoms with Crippen LogP contribution in [0.3, 0.4) is 0 Å². The molecule has 0 radical (unpaired) electrons. The largest absolute Gasteiger partial charge is 0.337 e. The fraction of sp³-hybridized carbons (Fsp3) is 0.278. The van der Waals surface area contributed by atoms with Crippen molar-refractivity contribution in [3.63, 3.8) is 0 Å². The van der Waals surface area contributed by atoms with E-state index in [0.717, 1.165) is 16.0 Å². The maximum absolute atomic E-state index is 12.8. The zero-order chi connectivity index (χ0) is 17.1. The van der Waals surface area contributed by atoms with Crippen molar-refractivity contribution in [2.24, 2.45) is 0 Å². The topological polar surface area (TPSA) is 59.2 Å². The van der Waals surface area contributed by atoms with Crippen molar-refractivity contribution < 1.29 is 9.32 Å². The summed E-state index contributed by atoms with van der Waals surface area (Å²) in [4.78, 5) is 19.8. The number of aromatic nitrogens is 2. The molecule has 0 saturated carbocycles. The van der Waals surface area contributed by atoms with Crippen LogP contribution in [-0.4, -0.2) is 27.5 Å². The van der Waals surface area contributed by atoms with Crippen molar-refractivity contribution >= 4 is 17.2 Å². The summed E-state index contributed by atoms with van der Waals surface area (Å²) in [5.41, 5.74) is 2.83. The minimum absolute atomic E-state index is 0.0223. The highest BCUT2D eigenvalue weighted by Gasteiger charge is 2.19. The Morgan fingerprint density at radius 2 is 2.12 bits per heavy atom. The number of aryl methyl sites for hydroxylation is 2. The predicted molar refractivity (Wildman–Crippen MR) is 93.9 cm³/mol. The Labute approximate surface area is 144 Å². The Bertz CT molecular complexity index is 840. The number of nitrogens with zero attached hydrogens (tertiary/aromatic N) is 3. The predicted octanol–water partition coefficient (Wildman–Crippen LogP) is 4.08. The van der Waals surface area contributed by atoms with E-state index < -0.39 is 0 Å². The van der Waals surface area contributed by atoms with Gasteiger partial charge in [0.25, 0.3) is 5.91 Å². The molecule has 0 aliphatic heterocycles. The standard InChI is InChI=1S/C18H19N3O2S/c1-4-21(18(22)14-8-7-12(2)10-13(14)3)11-16-19-17(20-23-16)15-6-5-9-24-15/h5-10H,4,11H2,1-3H3. The maximum Gasteiger partial charge on any atom is 0.254 e. The number of carbonyl (C=O) groups excluding carboxylic acids is 1. The zero-order valence-corrected chi connectivity index (χ0v) is 14.8. The van der Waals surface area contributed by atoms with E-state index in [2.05, 4.69) is 10.1 Å². The van der Waals surface area contributed by atoms with Crippen molar-refractivity contribution in [3.8, 4) is 10.7 Å². The number of amides is 1. The molecule has 0 spiro atoms. The Morgan fingerprint density at radius 1 is 1.29 bits per heavy atom. The molecule has 1 aromatic carbocycles. The SMILES string of the molecule is CCN(Cc1nc(-c2cccs2)no1)C(=O)c1ccc(C)cc1C. The molecule has 1 amide bonds. The van der Waals surface area contributed by atoms with E-state index in [-0.39, 0.29) is 5.91 Å². The van der Waals surface area contributed by atoms with E-state index in [1.807, 2.05) is 56.5 Å². The van der Waals surface area contributed by atoms with Crippen LogP contribution in [0.5, 0.6) is 0 Å². The van der Waals surface area contributed by atoms with E-state index in [1.165, 1.54) is 0 Å². The van der Waals surface area contributed by atoms with Gasteiger partial charge in [-0.3, -0.25) is 4.79 Å². The highest BCUT2D eigenvalue weighted by molar-refractivity contribution is 7.13. The van der Waals surface area contributed by atoms with Gasteiger partial charge < -0.3 is 9.42 Å². The molecular formula is C18H19N3O2S. The first-order valence-electron chi connectivity index (χ1n) is 7.81.